The molecule has 0 spiro atoms. The molecular formula is C25H22ClF5N10. The van der Waals surface area contributed by atoms with Crippen LogP contribution in [0.5, 0.6) is 0 Å². The van der Waals surface area contributed by atoms with Crippen LogP contribution in [0.15, 0.2) is 30.5 Å². The van der Waals surface area contributed by atoms with E-state index in [0.29, 0.717) is 27.8 Å². The van der Waals surface area contributed by atoms with Gasteiger partial charge in [0.15, 0.2) is 5.69 Å². The minimum atomic E-state index is -4.71. The predicted octanol–water partition coefficient (Wildman–Crippen LogP) is 5.85. The molecule has 214 valence electrons. The van der Waals surface area contributed by atoms with Gasteiger partial charge in [0.05, 0.1) is 17.2 Å². The van der Waals surface area contributed by atoms with E-state index in [1.54, 1.807) is 23.1 Å². The van der Waals surface area contributed by atoms with E-state index >= 15 is 0 Å². The molecule has 0 bridgehead atoms. The number of benzene rings is 1. The maximum atomic E-state index is 14.0. The summed E-state index contributed by atoms with van der Waals surface area (Å²) in [4.78, 5) is 14.6. The lowest BCUT2D eigenvalue weighted by atomic mass is 10.0. The van der Waals surface area contributed by atoms with Crippen molar-refractivity contribution in [3.8, 4) is 11.5 Å². The first-order valence-corrected chi connectivity index (χ1v) is 13.0. The summed E-state index contributed by atoms with van der Waals surface area (Å²) in [6, 6.07) is 6.40. The number of H-pyrrole nitrogens is 1. The fourth-order valence-corrected chi connectivity index (χ4v) is 5.15. The van der Waals surface area contributed by atoms with E-state index in [1.807, 2.05) is 19.9 Å². The lowest BCUT2D eigenvalue weighted by molar-refractivity contribution is -0.140. The number of aromatic amines is 1. The summed E-state index contributed by atoms with van der Waals surface area (Å²) >= 11 is 6.11. The fraction of sp³-hybridized carbons (Fsp3) is 0.360. The number of rotatable bonds is 5. The van der Waals surface area contributed by atoms with E-state index in [1.165, 1.54) is 4.40 Å². The summed E-state index contributed by atoms with van der Waals surface area (Å²) in [5, 5.41) is 17.9. The summed E-state index contributed by atoms with van der Waals surface area (Å²) < 4.78 is 70.4. The number of halogens is 6. The van der Waals surface area contributed by atoms with Gasteiger partial charge >= 0.3 is 6.18 Å². The maximum Gasteiger partial charge on any atom is 0.434 e. The molecule has 1 atom stereocenters. The summed E-state index contributed by atoms with van der Waals surface area (Å²) in [6.07, 6.45) is -4.71. The van der Waals surface area contributed by atoms with E-state index < -0.39 is 36.7 Å². The van der Waals surface area contributed by atoms with Crippen LogP contribution in [-0.4, -0.2) is 59.0 Å². The number of nitrogens with one attached hydrogen (secondary N) is 2. The third kappa shape index (κ3) is 5.09. The maximum absolute atomic E-state index is 14.0. The Hall–Kier alpha value is -4.14. The molecule has 1 aliphatic heterocycles. The Balaban J connectivity index is 1.51. The van der Waals surface area contributed by atoms with E-state index in [2.05, 4.69) is 35.9 Å². The lowest BCUT2D eigenvalue weighted by Gasteiger charge is -2.33. The topological polar surface area (TPSA) is 113 Å². The van der Waals surface area contributed by atoms with Gasteiger partial charge < -0.3 is 10.2 Å². The minimum Gasteiger partial charge on any atom is -0.377 e. The van der Waals surface area contributed by atoms with Crippen LogP contribution in [0, 0.1) is 6.92 Å². The predicted molar refractivity (Wildman–Crippen MR) is 141 cm³/mol. The van der Waals surface area contributed by atoms with Gasteiger partial charge in [0, 0.05) is 43.1 Å². The number of nitrogens with zero attached hydrogens (tertiary/aromatic N) is 8. The summed E-state index contributed by atoms with van der Waals surface area (Å²) in [5.41, 5.74) is 1.60. The van der Waals surface area contributed by atoms with Crippen LogP contribution < -0.4 is 10.2 Å². The van der Waals surface area contributed by atoms with Gasteiger partial charge in [-0.25, -0.2) is 23.7 Å². The number of tetrazole rings is 1. The van der Waals surface area contributed by atoms with Crippen LogP contribution >= 0.6 is 11.6 Å². The Morgan fingerprint density at radius 3 is 2.54 bits per heavy atom. The molecule has 1 aliphatic rings. The minimum absolute atomic E-state index is 0.0347. The van der Waals surface area contributed by atoms with Crippen LogP contribution in [0.4, 0.5) is 33.6 Å². The molecule has 5 aromatic rings. The van der Waals surface area contributed by atoms with Crippen molar-refractivity contribution in [2.24, 2.45) is 0 Å². The second-order valence-corrected chi connectivity index (χ2v) is 10.3. The van der Waals surface area contributed by atoms with E-state index in [9.17, 15) is 22.0 Å². The Kier molecular flexibility index (Phi) is 6.43. The number of hydrogen-bond donors (Lipinski definition) is 2. The second-order valence-electron chi connectivity index (χ2n) is 9.95. The molecule has 6 rings (SSSR count). The van der Waals surface area contributed by atoms with Crippen LogP contribution in [0.2, 0.25) is 5.15 Å². The number of fused-ring (bicyclic) bond motifs is 3. The fourth-order valence-electron chi connectivity index (χ4n) is 5.00. The number of aromatic nitrogens is 8. The first kappa shape index (κ1) is 27.1. The molecule has 0 amide bonds. The number of alkyl halides is 5. The largest absolute Gasteiger partial charge is 0.434 e. The highest BCUT2D eigenvalue weighted by Gasteiger charge is 2.38. The van der Waals surface area contributed by atoms with Crippen molar-refractivity contribution in [3.63, 3.8) is 0 Å². The Labute approximate surface area is 233 Å². The molecule has 41 heavy (non-hydrogen) atoms. The zero-order valence-corrected chi connectivity index (χ0v) is 22.4. The number of pyridine rings is 1. The molecule has 2 N–H and O–H groups in total. The molecule has 0 aliphatic carbocycles. The number of aryl methyl sites for hydroxylation is 1. The molecule has 0 radical (unpaired) electrons. The van der Waals surface area contributed by atoms with Gasteiger partial charge in [0.25, 0.3) is 5.92 Å². The quantitative estimate of drug-likeness (QED) is 0.193. The van der Waals surface area contributed by atoms with Gasteiger partial charge in [-0.15, -0.1) is 10.2 Å². The van der Waals surface area contributed by atoms with Gasteiger partial charge in [0.1, 0.15) is 16.5 Å². The zero-order valence-electron chi connectivity index (χ0n) is 21.6. The van der Waals surface area contributed by atoms with Crippen LogP contribution in [0.3, 0.4) is 0 Å². The molecule has 0 unspecified atom stereocenters. The average Bonchev–Trinajstić information content (AvgIpc) is 3.60. The number of anilines is 2. The highest BCUT2D eigenvalue weighted by Crippen LogP contribution is 2.37. The summed E-state index contributed by atoms with van der Waals surface area (Å²) in [5.74, 6) is -2.52. The summed E-state index contributed by atoms with van der Waals surface area (Å²) in [6.45, 7) is 3.52. The molecule has 1 fully saturated rings. The highest BCUT2D eigenvalue weighted by molar-refractivity contribution is 6.29. The van der Waals surface area contributed by atoms with Crippen molar-refractivity contribution in [1.29, 1.82) is 0 Å². The third-order valence-electron chi connectivity index (χ3n) is 6.98. The SMILES string of the molecule is Cc1cc([C@@H](C)Nc2ccc(Cl)nc2-c2nn[nH]n2)c2nc(N3CCC(F)(F)CC3)n3cc(C(F)(F)F)nc3c2c1. The first-order chi connectivity index (χ1) is 19.4. The van der Waals surface area contributed by atoms with Crippen molar-refractivity contribution in [2.75, 3.05) is 23.3 Å². The van der Waals surface area contributed by atoms with E-state index in [-0.39, 0.29) is 35.7 Å². The van der Waals surface area contributed by atoms with Crippen molar-refractivity contribution in [1.82, 2.24) is 40.0 Å². The van der Waals surface area contributed by atoms with Gasteiger partial charge in [0.2, 0.25) is 11.8 Å². The van der Waals surface area contributed by atoms with Gasteiger partial charge in [-0.05, 0) is 42.8 Å². The van der Waals surface area contributed by atoms with Gasteiger partial charge in [-0.1, -0.05) is 17.7 Å². The van der Waals surface area contributed by atoms with E-state index in [0.717, 1.165) is 11.8 Å². The van der Waals surface area contributed by atoms with Crippen LogP contribution in [0.1, 0.15) is 42.6 Å². The highest BCUT2D eigenvalue weighted by atomic mass is 35.5. The molecule has 1 saturated heterocycles. The third-order valence-corrected chi connectivity index (χ3v) is 7.19. The molecule has 1 aromatic carbocycles. The average molecular weight is 593 g/mol. The van der Waals surface area contributed by atoms with Crippen molar-refractivity contribution in [2.45, 2.75) is 44.8 Å². The Bertz CT molecular complexity index is 1740. The lowest BCUT2D eigenvalue weighted by Crippen LogP contribution is -2.40. The Morgan fingerprint density at radius 2 is 1.85 bits per heavy atom. The molecule has 5 heterocycles. The van der Waals surface area contributed by atoms with Crippen molar-refractivity contribution in [3.05, 3.63) is 52.4 Å². The summed E-state index contributed by atoms with van der Waals surface area (Å²) in [7, 11) is 0. The van der Waals surface area contributed by atoms with Crippen LogP contribution in [0.25, 0.3) is 28.1 Å². The van der Waals surface area contributed by atoms with Crippen molar-refractivity contribution < 1.29 is 22.0 Å². The van der Waals surface area contributed by atoms with Crippen molar-refractivity contribution >= 4 is 39.8 Å². The van der Waals surface area contributed by atoms with Crippen LogP contribution in [-0.2, 0) is 6.18 Å². The molecule has 10 nitrogen and oxygen atoms in total. The molecule has 16 heteroatoms. The zero-order chi connectivity index (χ0) is 29.1. The normalized spacial score (nSPS) is 16.4. The number of hydrogen-bond acceptors (Lipinski definition) is 8. The van der Waals surface area contributed by atoms with Gasteiger partial charge in [-0.2, -0.15) is 18.4 Å². The standard InChI is InChI=1S/C25H22ClF5N10/c1-12-9-14(13(2)32-16-3-4-18(26)34-20(16)21-36-38-39-37-21)19-15(10-12)22-33-17(25(29,30)31)11-41(22)23(35-19)40-7-5-24(27,28)6-8-40/h3-4,9-11,13,32H,5-8H2,1-2H3,(H,36,37,38,39)/t13-/m1/s1. The second kappa shape index (κ2) is 9.75. The number of piperidine rings is 1. The molecule has 0 saturated carbocycles. The van der Waals surface area contributed by atoms with Gasteiger partial charge in [-0.3, -0.25) is 4.40 Å². The molecule has 4 aromatic heterocycles. The van der Waals surface area contributed by atoms with E-state index in [4.69, 9.17) is 16.6 Å². The number of imidazole rings is 1. The Morgan fingerprint density at radius 1 is 1.10 bits per heavy atom. The first-order valence-electron chi connectivity index (χ1n) is 12.6. The smallest absolute Gasteiger partial charge is 0.377 e. The molecular weight excluding hydrogens is 571 g/mol. The monoisotopic (exact) mass is 592 g/mol.